The molecule has 1 unspecified atom stereocenters. The predicted octanol–water partition coefficient (Wildman–Crippen LogP) is 0.944. The lowest BCUT2D eigenvalue weighted by atomic mass is 10.3. The zero-order chi connectivity index (χ0) is 7.98. The summed E-state index contributed by atoms with van der Waals surface area (Å²) >= 11 is 0. The van der Waals surface area contributed by atoms with Gasteiger partial charge in [0, 0.05) is 12.1 Å². The van der Waals surface area contributed by atoms with Crippen LogP contribution in [-0.2, 0) is 4.79 Å². The molecule has 0 bridgehead atoms. The highest BCUT2D eigenvalue weighted by Crippen LogP contribution is 1.88. The lowest BCUT2D eigenvalue weighted by Crippen LogP contribution is -2.24. The quantitative estimate of drug-likeness (QED) is 0.369. The van der Waals surface area contributed by atoms with Crippen LogP contribution >= 0.6 is 9.24 Å². The molecule has 1 atom stereocenters. The molecule has 0 aromatic carbocycles. The van der Waals surface area contributed by atoms with Crippen LogP contribution < -0.4 is 5.32 Å². The van der Waals surface area contributed by atoms with Crippen LogP contribution in [0, 0.1) is 0 Å². The third-order valence-corrected chi connectivity index (χ3v) is 1.46. The highest BCUT2D eigenvalue weighted by molar-refractivity contribution is 7.16. The van der Waals surface area contributed by atoms with Gasteiger partial charge in [-0.25, -0.2) is 0 Å². The maximum atomic E-state index is 10.8. The monoisotopic (exact) mass is 159 g/mol. The van der Waals surface area contributed by atoms with Gasteiger partial charge in [-0.1, -0.05) is 6.58 Å². The third kappa shape index (κ3) is 4.51. The molecule has 0 aliphatic rings. The average Bonchev–Trinajstić information content (AvgIpc) is 1.88. The largest absolute Gasteiger partial charge is 0.352 e. The molecule has 58 valence electrons. The standard InChI is InChI=1S/C7H14NOP/c1-6(2)7(9)8-4-3-5-10/h1,3-5,10H2,2H3,(H,8,9). The summed E-state index contributed by atoms with van der Waals surface area (Å²) in [5.41, 5.74) is 0.573. The molecular weight excluding hydrogens is 145 g/mol. The van der Waals surface area contributed by atoms with Crippen molar-refractivity contribution >= 4 is 15.1 Å². The molecule has 2 nitrogen and oxygen atoms in total. The Balaban J connectivity index is 3.31. The van der Waals surface area contributed by atoms with Crippen LogP contribution in [0.15, 0.2) is 12.2 Å². The number of nitrogens with one attached hydrogen (secondary N) is 1. The minimum Gasteiger partial charge on any atom is -0.352 e. The molecule has 0 fully saturated rings. The number of carbonyl (C=O) groups excluding carboxylic acids is 1. The van der Waals surface area contributed by atoms with Gasteiger partial charge in [0.25, 0.3) is 0 Å². The van der Waals surface area contributed by atoms with Crippen molar-refractivity contribution in [2.75, 3.05) is 12.7 Å². The van der Waals surface area contributed by atoms with E-state index in [0.717, 1.165) is 19.1 Å². The summed E-state index contributed by atoms with van der Waals surface area (Å²) in [6.07, 6.45) is 2.03. The van der Waals surface area contributed by atoms with E-state index in [-0.39, 0.29) is 5.91 Å². The molecule has 0 rings (SSSR count). The fraction of sp³-hybridized carbons (Fsp3) is 0.571. The van der Waals surface area contributed by atoms with E-state index in [9.17, 15) is 4.79 Å². The topological polar surface area (TPSA) is 29.1 Å². The molecule has 0 saturated carbocycles. The molecule has 0 aromatic rings. The molecule has 10 heavy (non-hydrogen) atoms. The number of rotatable bonds is 4. The Kier molecular flexibility index (Phi) is 5.23. The number of carbonyl (C=O) groups is 1. The van der Waals surface area contributed by atoms with Crippen molar-refractivity contribution in [3.63, 3.8) is 0 Å². The van der Waals surface area contributed by atoms with Gasteiger partial charge in [-0.3, -0.25) is 4.79 Å². The molecule has 1 amide bonds. The van der Waals surface area contributed by atoms with Crippen LogP contribution in [0.4, 0.5) is 0 Å². The van der Waals surface area contributed by atoms with Crippen LogP contribution in [0.1, 0.15) is 13.3 Å². The molecule has 0 aliphatic heterocycles. The van der Waals surface area contributed by atoms with Crippen molar-refractivity contribution in [1.29, 1.82) is 0 Å². The number of amides is 1. The van der Waals surface area contributed by atoms with E-state index in [1.807, 2.05) is 0 Å². The smallest absolute Gasteiger partial charge is 0.246 e. The molecule has 0 radical (unpaired) electrons. The van der Waals surface area contributed by atoms with E-state index in [1.54, 1.807) is 6.92 Å². The van der Waals surface area contributed by atoms with Crippen molar-refractivity contribution in [2.45, 2.75) is 13.3 Å². The number of hydrogen-bond donors (Lipinski definition) is 1. The second-order valence-electron chi connectivity index (χ2n) is 2.18. The van der Waals surface area contributed by atoms with E-state index in [4.69, 9.17) is 0 Å². The van der Waals surface area contributed by atoms with Crippen LogP contribution in [0.2, 0.25) is 0 Å². The van der Waals surface area contributed by atoms with E-state index in [2.05, 4.69) is 21.1 Å². The highest BCUT2D eigenvalue weighted by atomic mass is 31.0. The Morgan fingerprint density at radius 3 is 2.70 bits per heavy atom. The fourth-order valence-corrected chi connectivity index (χ4v) is 0.659. The zero-order valence-electron chi connectivity index (χ0n) is 6.31. The van der Waals surface area contributed by atoms with Crippen molar-refractivity contribution in [2.24, 2.45) is 0 Å². The Labute approximate surface area is 64.3 Å². The summed E-state index contributed by atoms with van der Waals surface area (Å²) in [7, 11) is 2.61. The fourth-order valence-electron chi connectivity index (χ4n) is 0.455. The van der Waals surface area contributed by atoms with Gasteiger partial charge in [0.2, 0.25) is 5.91 Å². The maximum absolute atomic E-state index is 10.8. The molecular formula is C7H14NOP. The first-order valence-electron chi connectivity index (χ1n) is 3.32. The van der Waals surface area contributed by atoms with Crippen LogP contribution in [0.25, 0.3) is 0 Å². The second-order valence-corrected chi connectivity index (χ2v) is 2.76. The Bertz CT molecular complexity index is 134. The zero-order valence-corrected chi connectivity index (χ0v) is 7.47. The summed E-state index contributed by atoms with van der Waals surface area (Å²) in [5.74, 6) is -0.0431. The van der Waals surface area contributed by atoms with Crippen molar-refractivity contribution < 1.29 is 4.79 Å². The van der Waals surface area contributed by atoms with Gasteiger partial charge in [-0.05, 0) is 19.5 Å². The first-order valence-corrected chi connectivity index (χ1v) is 4.14. The van der Waals surface area contributed by atoms with Crippen LogP contribution in [0.3, 0.4) is 0 Å². The molecule has 0 heterocycles. The SMILES string of the molecule is C=C(C)C(=O)NCCCP. The summed E-state index contributed by atoms with van der Waals surface area (Å²) in [4.78, 5) is 10.8. The molecule has 0 aliphatic carbocycles. The average molecular weight is 159 g/mol. The van der Waals surface area contributed by atoms with E-state index in [1.165, 1.54) is 0 Å². The van der Waals surface area contributed by atoms with Gasteiger partial charge in [0.05, 0.1) is 0 Å². The Morgan fingerprint density at radius 1 is 1.70 bits per heavy atom. The minimum absolute atomic E-state index is 0.0431. The normalized spacial score (nSPS) is 9.00. The third-order valence-electron chi connectivity index (χ3n) is 1.05. The number of hydrogen-bond acceptors (Lipinski definition) is 1. The summed E-state index contributed by atoms with van der Waals surface area (Å²) in [6.45, 7) is 5.97. The van der Waals surface area contributed by atoms with Gasteiger partial charge < -0.3 is 5.32 Å². The Hall–Kier alpha value is -0.360. The van der Waals surface area contributed by atoms with Crippen molar-refractivity contribution in [1.82, 2.24) is 5.32 Å². The molecule has 0 aromatic heterocycles. The highest BCUT2D eigenvalue weighted by Gasteiger charge is 1.97. The van der Waals surface area contributed by atoms with E-state index >= 15 is 0 Å². The lowest BCUT2D eigenvalue weighted by molar-refractivity contribution is -0.117. The molecule has 1 N–H and O–H groups in total. The van der Waals surface area contributed by atoms with Gasteiger partial charge in [0.1, 0.15) is 0 Å². The summed E-state index contributed by atoms with van der Waals surface area (Å²) in [5, 5.41) is 2.73. The molecule has 3 heteroatoms. The maximum Gasteiger partial charge on any atom is 0.246 e. The van der Waals surface area contributed by atoms with Crippen molar-refractivity contribution in [3.8, 4) is 0 Å². The molecule has 0 saturated heterocycles. The van der Waals surface area contributed by atoms with E-state index < -0.39 is 0 Å². The van der Waals surface area contributed by atoms with Gasteiger partial charge >= 0.3 is 0 Å². The minimum atomic E-state index is -0.0431. The van der Waals surface area contributed by atoms with Crippen LogP contribution in [-0.4, -0.2) is 18.6 Å². The van der Waals surface area contributed by atoms with Gasteiger partial charge in [-0.2, -0.15) is 0 Å². The lowest BCUT2D eigenvalue weighted by Gasteiger charge is -2.01. The van der Waals surface area contributed by atoms with E-state index in [0.29, 0.717) is 5.57 Å². The first-order chi connectivity index (χ1) is 4.68. The van der Waals surface area contributed by atoms with Crippen LogP contribution in [0.5, 0.6) is 0 Å². The first kappa shape index (κ1) is 9.64. The Morgan fingerprint density at radius 2 is 2.30 bits per heavy atom. The molecule has 0 spiro atoms. The van der Waals surface area contributed by atoms with Gasteiger partial charge in [0.15, 0.2) is 0 Å². The van der Waals surface area contributed by atoms with Gasteiger partial charge in [-0.15, -0.1) is 9.24 Å². The van der Waals surface area contributed by atoms with Crippen molar-refractivity contribution in [3.05, 3.63) is 12.2 Å². The summed E-state index contributed by atoms with van der Waals surface area (Å²) < 4.78 is 0. The predicted molar refractivity (Wildman–Crippen MR) is 47.0 cm³/mol. The summed E-state index contributed by atoms with van der Waals surface area (Å²) in [6, 6.07) is 0. The second kappa shape index (κ2) is 5.43.